The summed E-state index contributed by atoms with van der Waals surface area (Å²) in [4.78, 5) is 0. The van der Waals surface area contributed by atoms with Crippen LogP contribution in [0.4, 0.5) is 0 Å². The van der Waals surface area contributed by atoms with Crippen molar-refractivity contribution in [3.8, 4) is 0 Å². The van der Waals surface area contributed by atoms with Gasteiger partial charge in [-0.1, -0.05) is 48.0 Å². The Balaban J connectivity index is 2.13. The minimum Gasteiger partial charge on any atom is -0.304 e. The highest BCUT2D eigenvalue weighted by atomic mass is 35.5. The highest BCUT2D eigenvalue weighted by Gasteiger charge is 2.13. The topological polar surface area (TPSA) is 12.0 Å². The zero-order valence-corrected chi connectivity index (χ0v) is 13.3. The summed E-state index contributed by atoms with van der Waals surface area (Å²) in [5.41, 5.74) is 5.12. The summed E-state index contributed by atoms with van der Waals surface area (Å²) < 4.78 is 0. The summed E-state index contributed by atoms with van der Waals surface area (Å²) in [6.07, 6.45) is 0. The van der Waals surface area contributed by atoms with Crippen LogP contribution in [0.2, 0.25) is 5.02 Å². The van der Waals surface area contributed by atoms with Gasteiger partial charge in [0.2, 0.25) is 0 Å². The highest BCUT2D eigenvalue weighted by molar-refractivity contribution is 6.31. The molecule has 0 bridgehead atoms. The molecule has 0 saturated heterocycles. The van der Waals surface area contributed by atoms with E-state index in [2.05, 4.69) is 57.3 Å². The minimum atomic E-state index is 0.223. The van der Waals surface area contributed by atoms with Crippen molar-refractivity contribution in [2.45, 2.75) is 39.8 Å². The quantitative estimate of drug-likeness (QED) is 0.797. The molecule has 2 aromatic rings. The Morgan fingerprint density at radius 2 is 1.60 bits per heavy atom. The van der Waals surface area contributed by atoms with E-state index in [1.165, 1.54) is 16.7 Å². The van der Waals surface area contributed by atoms with Gasteiger partial charge < -0.3 is 5.32 Å². The monoisotopic (exact) mass is 287 g/mol. The molecule has 106 valence electrons. The molecule has 0 fully saturated rings. The predicted molar refractivity (Wildman–Crippen MR) is 87.3 cm³/mol. The Kier molecular flexibility index (Phi) is 4.85. The lowest BCUT2D eigenvalue weighted by molar-refractivity contribution is 0.494. The van der Waals surface area contributed by atoms with Crippen molar-refractivity contribution < 1.29 is 0 Å². The second-order valence-corrected chi connectivity index (χ2v) is 5.88. The molecule has 0 aliphatic carbocycles. The van der Waals surface area contributed by atoms with Crippen LogP contribution < -0.4 is 5.32 Å². The maximum absolute atomic E-state index is 6.25. The van der Waals surface area contributed by atoms with E-state index in [9.17, 15) is 0 Å². The van der Waals surface area contributed by atoms with Gasteiger partial charge in [0.25, 0.3) is 0 Å². The molecule has 2 aromatic carbocycles. The fourth-order valence-electron chi connectivity index (χ4n) is 2.42. The lowest BCUT2D eigenvalue weighted by Gasteiger charge is -2.22. The molecule has 2 rings (SSSR count). The van der Waals surface area contributed by atoms with Gasteiger partial charge in [-0.05, 0) is 56.0 Å². The van der Waals surface area contributed by atoms with Crippen molar-refractivity contribution in [3.05, 3.63) is 69.7 Å². The summed E-state index contributed by atoms with van der Waals surface area (Å²) in [5, 5.41) is 4.43. The third-order valence-corrected chi connectivity index (χ3v) is 4.25. The number of benzene rings is 2. The molecule has 2 heteroatoms. The minimum absolute atomic E-state index is 0.223. The van der Waals surface area contributed by atoms with Crippen LogP contribution in [0.3, 0.4) is 0 Å². The number of aryl methyl sites for hydroxylation is 2. The molecular weight excluding hydrogens is 266 g/mol. The van der Waals surface area contributed by atoms with E-state index in [1.54, 1.807) is 0 Å². The lowest BCUT2D eigenvalue weighted by atomic mass is 10.0. The number of halogens is 1. The Hall–Kier alpha value is -1.31. The van der Waals surface area contributed by atoms with Crippen molar-refractivity contribution in [2.75, 3.05) is 0 Å². The van der Waals surface area contributed by atoms with E-state index in [-0.39, 0.29) is 6.04 Å². The van der Waals surface area contributed by atoms with Crippen LogP contribution in [-0.2, 0) is 0 Å². The van der Waals surface area contributed by atoms with Gasteiger partial charge in [0, 0.05) is 17.1 Å². The molecular formula is C18H22ClN. The van der Waals surface area contributed by atoms with E-state index < -0.39 is 0 Å². The molecule has 0 saturated carbocycles. The zero-order valence-electron chi connectivity index (χ0n) is 12.6. The van der Waals surface area contributed by atoms with Gasteiger partial charge in [-0.15, -0.1) is 0 Å². The highest BCUT2D eigenvalue weighted by Crippen LogP contribution is 2.25. The Labute approximate surface area is 127 Å². The van der Waals surface area contributed by atoms with Crippen molar-refractivity contribution in [1.29, 1.82) is 0 Å². The van der Waals surface area contributed by atoms with E-state index in [0.29, 0.717) is 6.04 Å². The standard InChI is InChI=1S/C18H22ClN/c1-12-9-10-16(11-13(12)2)14(3)20-15(4)17-7-5-6-8-18(17)19/h5-11,14-15,20H,1-4H3/t14?,15-/m0/s1. The SMILES string of the molecule is Cc1ccc(C(C)N[C@@H](C)c2ccccc2Cl)cc1C. The summed E-state index contributed by atoms with van der Waals surface area (Å²) in [5.74, 6) is 0. The van der Waals surface area contributed by atoms with E-state index in [1.807, 2.05) is 18.2 Å². The van der Waals surface area contributed by atoms with Gasteiger partial charge in [-0.3, -0.25) is 0 Å². The van der Waals surface area contributed by atoms with Crippen LogP contribution in [0, 0.1) is 13.8 Å². The van der Waals surface area contributed by atoms with Crippen LogP contribution in [0.15, 0.2) is 42.5 Å². The second kappa shape index (κ2) is 6.43. The third kappa shape index (κ3) is 3.41. The number of hydrogen-bond acceptors (Lipinski definition) is 1. The fraction of sp³-hybridized carbons (Fsp3) is 0.333. The van der Waals surface area contributed by atoms with Gasteiger partial charge in [0.05, 0.1) is 0 Å². The smallest absolute Gasteiger partial charge is 0.0453 e. The molecule has 1 N–H and O–H groups in total. The summed E-state index contributed by atoms with van der Waals surface area (Å²) in [7, 11) is 0. The molecule has 1 unspecified atom stereocenters. The predicted octanol–water partition coefficient (Wildman–Crippen LogP) is 5.37. The number of hydrogen-bond donors (Lipinski definition) is 1. The number of rotatable bonds is 4. The van der Waals surface area contributed by atoms with Crippen LogP contribution >= 0.6 is 11.6 Å². The van der Waals surface area contributed by atoms with Gasteiger partial charge in [-0.2, -0.15) is 0 Å². The van der Waals surface area contributed by atoms with Crippen molar-refractivity contribution in [1.82, 2.24) is 5.32 Å². The summed E-state index contributed by atoms with van der Waals surface area (Å²) in [6.45, 7) is 8.64. The maximum atomic E-state index is 6.25. The first-order valence-electron chi connectivity index (χ1n) is 7.06. The molecule has 2 atom stereocenters. The van der Waals surface area contributed by atoms with Crippen LogP contribution in [0.25, 0.3) is 0 Å². The molecule has 0 aromatic heterocycles. The van der Waals surface area contributed by atoms with E-state index in [0.717, 1.165) is 10.6 Å². The van der Waals surface area contributed by atoms with Crippen molar-refractivity contribution in [2.24, 2.45) is 0 Å². The number of nitrogens with one attached hydrogen (secondary N) is 1. The normalized spacial score (nSPS) is 14.1. The molecule has 0 spiro atoms. The van der Waals surface area contributed by atoms with E-state index >= 15 is 0 Å². The first-order chi connectivity index (χ1) is 9.49. The van der Waals surface area contributed by atoms with Crippen LogP contribution in [0.1, 0.15) is 48.2 Å². The molecule has 0 heterocycles. The van der Waals surface area contributed by atoms with Crippen LogP contribution in [-0.4, -0.2) is 0 Å². The van der Waals surface area contributed by atoms with Crippen molar-refractivity contribution >= 4 is 11.6 Å². The van der Waals surface area contributed by atoms with Crippen molar-refractivity contribution in [3.63, 3.8) is 0 Å². The fourth-order valence-corrected chi connectivity index (χ4v) is 2.72. The third-order valence-electron chi connectivity index (χ3n) is 3.90. The van der Waals surface area contributed by atoms with Gasteiger partial charge in [0.15, 0.2) is 0 Å². The molecule has 0 aliphatic rings. The molecule has 0 radical (unpaired) electrons. The van der Waals surface area contributed by atoms with Gasteiger partial charge in [-0.25, -0.2) is 0 Å². The lowest BCUT2D eigenvalue weighted by Crippen LogP contribution is -2.22. The van der Waals surface area contributed by atoms with Gasteiger partial charge in [0.1, 0.15) is 0 Å². The summed E-state index contributed by atoms with van der Waals surface area (Å²) >= 11 is 6.25. The van der Waals surface area contributed by atoms with E-state index in [4.69, 9.17) is 11.6 Å². The second-order valence-electron chi connectivity index (χ2n) is 5.48. The molecule has 0 aliphatic heterocycles. The molecule has 20 heavy (non-hydrogen) atoms. The first kappa shape index (κ1) is 15.1. The Morgan fingerprint density at radius 1 is 0.900 bits per heavy atom. The average molecular weight is 288 g/mol. The maximum Gasteiger partial charge on any atom is 0.0453 e. The van der Waals surface area contributed by atoms with Gasteiger partial charge >= 0.3 is 0 Å². The molecule has 1 nitrogen and oxygen atoms in total. The summed E-state index contributed by atoms with van der Waals surface area (Å²) in [6, 6.07) is 15.2. The first-order valence-corrected chi connectivity index (χ1v) is 7.44. The molecule has 0 amide bonds. The Morgan fingerprint density at radius 3 is 2.25 bits per heavy atom. The van der Waals surface area contributed by atoms with Crippen LogP contribution in [0.5, 0.6) is 0 Å². The average Bonchev–Trinajstić information content (AvgIpc) is 2.42. The zero-order chi connectivity index (χ0) is 14.7. The largest absolute Gasteiger partial charge is 0.304 e. The Bertz CT molecular complexity index is 592.